The molecular weight excluding hydrogens is 890 g/mol. The fourth-order valence-electron chi connectivity index (χ4n) is 8.96. The van der Waals surface area contributed by atoms with Crippen molar-refractivity contribution < 1.29 is 39.5 Å². The zero-order chi connectivity index (χ0) is 47.1. The maximum absolute atomic E-state index is 14.8. The molecule has 334 valence electrons. The first-order valence-electron chi connectivity index (χ1n) is 21.1. The Morgan fingerprint density at radius 2 is 0.647 bits per heavy atom. The maximum Gasteiger partial charge on any atom is 0.416 e. The summed E-state index contributed by atoms with van der Waals surface area (Å²) < 4.78 is 133. The van der Waals surface area contributed by atoms with Crippen LogP contribution in [0.15, 0.2) is 182 Å². The molecule has 68 heavy (non-hydrogen) atoms. The molecule has 0 aliphatic rings. The van der Waals surface area contributed by atoms with Crippen LogP contribution in [0.5, 0.6) is 0 Å². The van der Waals surface area contributed by atoms with Gasteiger partial charge in [0.1, 0.15) is 0 Å². The number of fused-ring (bicyclic) bond motifs is 6. The Hall–Kier alpha value is -8.26. The van der Waals surface area contributed by atoms with Crippen molar-refractivity contribution >= 4 is 43.6 Å². The third kappa shape index (κ3) is 7.28. The summed E-state index contributed by atoms with van der Waals surface area (Å²) in [6, 6.07) is 46.7. The molecule has 14 heteroatoms. The van der Waals surface area contributed by atoms with Gasteiger partial charge in [0.05, 0.1) is 50.1 Å². The molecule has 0 aliphatic heterocycles. The van der Waals surface area contributed by atoms with Gasteiger partial charge in [-0.25, -0.2) is 15.0 Å². The second-order valence-electron chi connectivity index (χ2n) is 16.2. The number of hydrogen-bond donors (Lipinski definition) is 0. The summed E-state index contributed by atoms with van der Waals surface area (Å²) >= 11 is 0. The van der Waals surface area contributed by atoms with Crippen molar-refractivity contribution in [2.45, 2.75) is 18.5 Å². The second kappa shape index (κ2) is 15.7. The number of benzene rings is 8. The predicted octanol–water partition coefficient (Wildman–Crippen LogP) is 15.8. The molecule has 0 saturated heterocycles. The molecule has 0 amide bonds. The van der Waals surface area contributed by atoms with Crippen LogP contribution in [0.25, 0.3) is 100 Å². The number of hydrogen-bond acceptors (Lipinski definition) is 3. The van der Waals surface area contributed by atoms with E-state index < -0.39 is 35.2 Å². The lowest BCUT2D eigenvalue weighted by Gasteiger charge is -2.21. The second-order valence-corrected chi connectivity index (χ2v) is 16.2. The van der Waals surface area contributed by atoms with E-state index in [9.17, 15) is 39.5 Å². The van der Waals surface area contributed by atoms with E-state index in [1.165, 1.54) is 22.8 Å². The molecule has 0 atom stereocenters. The molecular formula is C54H30F9N5. The van der Waals surface area contributed by atoms with E-state index in [2.05, 4.69) is 0 Å². The van der Waals surface area contributed by atoms with Gasteiger partial charge in [-0.1, -0.05) is 115 Å². The summed E-state index contributed by atoms with van der Waals surface area (Å²) in [4.78, 5) is 14.6. The SMILES string of the molecule is FC(F)(F)c1ccc(-c2ccc(-c3nc(-c4ccccc4)nc(-c4ccccc4)n3)cc2-n2c3ccccc3c3cc(C(F)(F)F)ccc32)c(-n2c3ccccc3c3cc(C(F)(F)F)ccc32)c1. The molecule has 0 spiro atoms. The van der Waals surface area contributed by atoms with Gasteiger partial charge in [0, 0.05) is 49.4 Å². The summed E-state index contributed by atoms with van der Waals surface area (Å²) in [6.07, 6.45) is -14.2. The quantitative estimate of drug-likeness (QED) is 0.156. The van der Waals surface area contributed by atoms with Crippen LogP contribution in [0.1, 0.15) is 16.7 Å². The molecule has 0 fully saturated rings. The van der Waals surface area contributed by atoms with Gasteiger partial charge in [-0.05, 0) is 66.7 Å². The van der Waals surface area contributed by atoms with E-state index in [-0.39, 0.29) is 33.4 Å². The zero-order valence-electron chi connectivity index (χ0n) is 35.0. The molecule has 0 aliphatic carbocycles. The highest BCUT2D eigenvalue weighted by Gasteiger charge is 2.35. The maximum atomic E-state index is 14.8. The molecule has 5 nitrogen and oxygen atoms in total. The first-order chi connectivity index (χ1) is 32.6. The van der Waals surface area contributed by atoms with E-state index in [0.717, 1.165) is 36.4 Å². The van der Waals surface area contributed by atoms with Crippen molar-refractivity contribution in [3.63, 3.8) is 0 Å². The Kier molecular flexibility index (Phi) is 9.78. The van der Waals surface area contributed by atoms with Crippen LogP contribution in [0, 0.1) is 0 Å². The fraction of sp³-hybridized carbons (Fsp3) is 0.0556. The van der Waals surface area contributed by atoms with Crippen molar-refractivity contribution in [2.24, 2.45) is 0 Å². The summed E-state index contributed by atoms with van der Waals surface area (Å²) in [5, 5.41) is 1.27. The standard InChI is InChI=1S/C54H30F9N5/c55-52(56,57)34-21-25-45-41(28-34)37-15-7-9-17-43(37)67(45)47-27-33(51-65-49(31-11-3-1-4-12-31)64-50(66-51)32-13-5-2-6-14-32)19-23-39(47)40-24-20-36(54(61,62)63)30-48(40)68-44-18-10-8-16-38(44)42-29-35(53(58,59)60)22-26-46(42)68/h1-30H. The van der Waals surface area contributed by atoms with E-state index in [4.69, 9.17) is 15.0 Å². The Bertz CT molecular complexity index is 3700. The van der Waals surface area contributed by atoms with Gasteiger partial charge >= 0.3 is 18.5 Å². The van der Waals surface area contributed by atoms with Crippen LogP contribution >= 0.6 is 0 Å². The summed E-state index contributed by atoms with van der Waals surface area (Å²) in [7, 11) is 0. The lowest BCUT2D eigenvalue weighted by Crippen LogP contribution is -2.08. The number of aromatic nitrogens is 5. The van der Waals surface area contributed by atoms with Gasteiger partial charge < -0.3 is 9.13 Å². The zero-order valence-corrected chi connectivity index (χ0v) is 35.0. The minimum atomic E-state index is -4.84. The van der Waals surface area contributed by atoms with Crippen LogP contribution in [0.3, 0.4) is 0 Å². The van der Waals surface area contributed by atoms with E-state index in [0.29, 0.717) is 66.9 Å². The highest BCUT2D eigenvalue weighted by molar-refractivity contribution is 6.12. The van der Waals surface area contributed by atoms with E-state index in [1.807, 2.05) is 60.7 Å². The van der Waals surface area contributed by atoms with Crippen molar-refractivity contribution in [2.75, 3.05) is 0 Å². The van der Waals surface area contributed by atoms with Gasteiger partial charge in [0.25, 0.3) is 0 Å². The van der Waals surface area contributed by atoms with E-state index >= 15 is 0 Å². The average Bonchev–Trinajstić information content (AvgIpc) is 3.85. The smallest absolute Gasteiger partial charge is 0.309 e. The number of nitrogens with zero attached hydrogens (tertiary/aromatic N) is 5. The third-order valence-corrected chi connectivity index (χ3v) is 12.1. The van der Waals surface area contributed by atoms with Crippen molar-refractivity contribution in [1.29, 1.82) is 0 Å². The normalized spacial score (nSPS) is 12.5. The molecule has 3 aromatic heterocycles. The van der Waals surface area contributed by atoms with Gasteiger partial charge in [-0.3, -0.25) is 0 Å². The monoisotopic (exact) mass is 919 g/mol. The molecule has 0 saturated carbocycles. The molecule has 0 N–H and O–H groups in total. The Balaban J connectivity index is 1.25. The van der Waals surface area contributed by atoms with Crippen LogP contribution in [-0.4, -0.2) is 24.1 Å². The van der Waals surface area contributed by atoms with Crippen LogP contribution < -0.4 is 0 Å². The van der Waals surface area contributed by atoms with Crippen LogP contribution in [0.2, 0.25) is 0 Å². The number of rotatable bonds is 6. The minimum Gasteiger partial charge on any atom is -0.309 e. The predicted molar refractivity (Wildman–Crippen MR) is 245 cm³/mol. The minimum absolute atomic E-state index is 0.0159. The highest BCUT2D eigenvalue weighted by Crippen LogP contribution is 2.45. The summed E-state index contributed by atoms with van der Waals surface area (Å²) in [5.74, 6) is 0.921. The summed E-state index contributed by atoms with van der Waals surface area (Å²) in [6.45, 7) is 0. The molecule has 0 unspecified atom stereocenters. The summed E-state index contributed by atoms with van der Waals surface area (Å²) in [5.41, 5.74) is 1.25. The van der Waals surface area contributed by atoms with Gasteiger partial charge in [-0.2, -0.15) is 39.5 Å². The van der Waals surface area contributed by atoms with E-state index in [1.54, 1.807) is 71.3 Å². The molecule has 0 radical (unpaired) electrons. The lowest BCUT2D eigenvalue weighted by atomic mass is 9.97. The fourth-order valence-corrected chi connectivity index (χ4v) is 8.96. The lowest BCUT2D eigenvalue weighted by molar-refractivity contribution is -0.138. The Morgan fingerprint density at radius 1 is 0.294 bits per heavy atom. The van der Waals surface area contributed by atoms with Crippen molar-refractivity contribution in [3.05, 3.63) is 199 Å². The molecule has 8 aromatic carbocycles. The number of para-hydroxylation sites is 2. The molecule has 3 heterocycles. The number of halogens is 9. The van der Waals surface area contributed by atoms with Gasteiger partial charge in [-0.15, -0.1) is 0 Å². The molecule has 11 rings (SSSR count). The number of alkyl halides is 9. The average molecular weight is 920 g/mol. The van der Waals surface area contributed by atoms with Crippen LogP contribution in [-0.2, 0) is 18.5 Å². The first-order valence-corrected chi connectivity index (χ1v) is 21.1. The topological polar surface area (TPSA) is 48.5 Å². The van der Waals surface area contributed by atoms with Crippen LogP contribution in [0.4, 0.5) is 39.5 Å². The largest absolute Gasteiger partial charge is 0.416 e. The molecule has 0 bridgehead atoms. The molecule has 11 aromatic rings. The highest BCUT2D eigenvalue weighted by atomic mass is 19.4. The third-order valence-electron chi connectivity index (χ3n) is 12.1. The van der Waals surface area contributed by atoms with Gasteiger partial charge in [0.15, 0.2) is 17.5 Å². The Morgan fingerprint density at radius 3 is 1.10 bits per heavy atom. The van der Waals surface area contributed by atoms with Gasteiger partial charge in [0.2, 0.25) is 0 Å². The Labute approximate surface area is 380 Å². The van der Waals surface area contributed by atoms with Crippen molar-refractivity contribution in [3.8, 4) is 56.7 Å². The first kappa shape index (κ1) is 42.4. The van der Waals surface area contributed by atoms with Crippen molar-refractivity contribution in [1.82, 2.24) is 24.1 Å².